The molecule has 2 N–H and O–H groups in total. The molecule has 0 saturated heterocycles. The summed E-state index contributed by atoms with van der Waals surface area (Å²) in [5.74, 6) is 0. The number of alkyl halides is 3. The zero-order chi connectivity index (χ0) is 13.3. The van der Waals surface area contributed by atoms with E-state index in [1.807, 2.05) is 12.3 Å². The largest absolute Gasteiger partial charge is 0.443 e. The van der Waals surface area contributed by atoms with Crippen LogP contribution in [-0.2, 0) is 12.6 Å². The summed E-state index contributed by atoms with van der Waals surface area (Å²) in [4.78, 5) is 8.01. The molecule has 0 bridgehead atoms. The van der Waals surface area contributed by atoms with Gasteiger partial charge in [0.2, 0.25) is 0 Å². The van der Waals surface area contributed by atoms with Gasteiger partial charge in [0.25, 0.3) is 0 Å². The van der Waals surface area contributed by atoms with Crippen molar-refractivity contribution >= 4 is 22.7 Å². The van der Waals surface area contributed by atoms with E-state index in [9.17, 15) is 13.2 Å². The Hall–Kier alpha value is -0.990. The Kier molecular flexibility index (Phi) is 3.69. The van der Waals surface area contributed by atoms with Crippen molar-refractivity contribution < 1.29 is 13.2 Å². The molecule has 0 aliphatic rings. The summed E-state index contributed by atoms with van der Waals surface area (Å²) in [6.45, 7) is 1.87. The number of halogens is 3. The second-order valence-corrected chi connectivity index (χ2v) is 5.86. The van der Waals surface area contributed by atoms with Gasteiger partial charge in [0.1, 0.15) is 0 Å². The van der Waals surface area contributed by atoms with E-state index in [0.29, 0.717) is 22.6 Å². The van der Waals surface area contributed by atoms with Crippen LogP contribution in [0.5, 0.6) is 0 Å². The molecule has 2 aromatic heterocycles. The molecule has 0 aromatic carbocycles. The summed E-state index contributed by atoms with van der Waals surface area (Å²) in [7, 11) is 0. The molecule has 0 spiro atoms. The van der Waals surface area contributed by atoms with Gasteiger partial charge in [-0.1, -0.05) is 0 Å². The molecule has 0 aliphatic carbocycles. The Labute approximate surface area is 110 Å². The Morgan fingerprint density at radius 3 is 2.67 bits per heavy atom. The molecule has 0 fully saturated rings. The maximum Gasteiger partial charge on any atom is 0.443 e. The van der Waals surface area contributed by atoms with Gasteiger partial charge in [0.05, 0.1) is 10.7 Å². The maximum absolute atomic E-state index is 12.4. The summed E-state index contributed by atoms with van der Waals surface area (Å²) >= 11 is 2.08. The highest BCUT2D eigenvalue weighted by Gasteiger charge is 2.35. The average Bonchev–Trinajstić information content (AvgIpc) is 2.85. The number of hydrogen-bond donors (Lipinski definition) is 1. The van der Waals surface area contributed by atoms with Crippen LogP contribution in [0.1, 0.15) is 26.6 Å². The first-order chi connectivity index (χ1) is 8.36. The lowest BCUT2D eigenvalue weighted by Crippen LogP contribution is -2.12. The molecule has 0 radical (unpaired) electrons. The second-order valence-electron chi connectivity index (χ2n) is 3.73. The van der Waals surface area contributed by atoms with Crippen LogP contribution in [0.2, 0.25) is 0 Å². The Bertz CT molecular complexity index is 532. The number of aromatic nitrogens is 2. The van der Waals surface area contributed by atoms with E-state index in [1.165, 1.54) is 17.5 Å². The Morgan fingerprint density at radius 2 is 2.17 bits per heavy atom. The van der Waals surface area contributed by atoms with Crippen molar-refractivity contribution in [3.8, 4) is 0 Å². The monoisotopic (exact) mass is 293 g/mol. The second kappa shape index (κ2) is 4.94. The first kappa shape index (κ1) is 13.4. The molecule has 18 heavy (non-hydrogen) atoms. The lowest BCUT2D eigenvalue weighted by Gasteiger charge is -2.06. The predicted molar refractivity (Wildman–Crippen MR) is 64.6 cm³/mol. The van der Waals surface area contributed by atoms with Crippen molar-refractivity contribution in [3.63, 3.8) is 0 Å². The van der Waals surface area contributed by atoms with Gasteiger partial charge < -0.3 is 5.73 Å². The van der Waals surface area contributed by atoms with Crippen molar-refractivity contribution in [1.29, 1.82) is 0 Å². The molecule has 2 heterocycles. The maximum atomic E-state index is 12.4. The molecule has 8 heteroatoms. The van der Waals surface area contributed by atoms with Crippen molar-refractivity contribution in [2.24, 2.45) is 5.73 Å². The third kappa shape index (κ3) is 3.06. The van der Waals surface area contributed by atoms with Crippen LogP contribution in [0.3, 0.4) is 0 Å². The zero-order valence-electron chi connectivity index (χ0n) is 9.36. The normalized spacial score (nSPS) is 13.8. The number of thiazole rings is 2. The molecule has 0 amide bonds. The fourth-order valence-electron chi connectivity index (χ4n) is 1.42. The summed E-state index contributed by atoms with van der Waals surface area (Å²) in [5.41, 5.74) is 6.66. The number of hydrogen-bond acceptors (Lipinski definition) is 5. The van der Waals surface area contributed by atoms with Crippen LogP contribution in [-0.4, -0.2) is 9.97 Å². The third-order valence-electron chi connectivity index (χ3n) is 2.23. The average molecular weight is 293 g/mol. The van der Waals surface area contributed by atoms with Gasteiger partial charge in [0, 0.05) is 28.9 Å². The fourth-order valence-corrected chi connectivity index (χ4v) is 2.83. The lowest BCUT2D eigenvalue weighted by molar-refractivity contribution is -0.137. The van der Waals surface area contributed by atoms with Gasteiger partial charge in [-0.25, -0.2) is 9.97 Å². The van der Waals surface area contributed by atoms with E-state index < -0.39 is 17.2 Å². The van der Waals surface area contributed by atoms with Crippen LogP contribution in [0, 0.1) is 6.92 Å². The quantitative estimate of drug-likeness (QED) is 0.945. The summed E-state index contributed by atoms with van der Waals surface area (Å²) in [5, 5.41) is 1.92. The molecular formula is C10H10F3N3S2. The molecule has 1 unspecified atom stereocenters. The van der Waals surface area contributed by atoms with Crippen LogP contribution >= 0.6 is 22.7 Å². The minimum absolute atomic E-state index is 0.420. The Morgan fingerprint density at radius 1 is 1.44 bits per heavy atom. The van der Waals surface area contributed by atoms with Crippen molar-refractivity contribution in [2.75, 3.05) is 0 Å². The van der Waals surface area contributed by atoms with Gasteiger partial charge in [0.15, 0.2) is 5.01 Å². The molecule has 3 nitrogen and oxygen atoms in total. The minimum atomic E-state index is -4.40. The first-order valence-electron chi connectivity index (χ1n) is 5.06. The van der Waals surface area contributed by atoms with E-state index in [-0.39, 0.29) is 0 Å². The molecule has 1 atom stereocenters. The van der Waals surface area contributed by atoms with Gasteiger partial charge in [-0.15, -0.1) is 22.7 Å². The lowest BCUT2D eigenvalue weighted by atomic mass is 10.1. The summed E-state index contributed by atoms with van der Waals surface area (Å²) in [6, 6.07) is -0.500. The summed E-state index contributed by atoms with van der Waals surface area (Å²) < 4.78 is 37.2. The van der Waals surface area contributed by atoms with E-state index in [1.54, 1.807) is 0 Å². The highest BCUT2D eigenvalue weighted by molar-refractivity contribution is 7.11. The molecule has 2 aromatic rings. The number of aryl methyl sites for hydroxylation is 1. The standard InChI is InChI=1S/C10H10F3N3S2/c1-5-16-6(4-17-5)2-7(14)8-3-15-9(18-8)10(11,12)13/h3-4,7H,2,14H2,1H3. The van der Waals surface area contributed by atoms with Crippen molar-refractivity contribution in [3.05, 3.63) is 32.2 Å². The molecule has 98 valence electrons. The highest BCUT2D eigenvalue weighted by Crippen LogP contribution is 2.34. The Balaban J connectivity index is 2.09. The number of nitrogens with two attached hydrogens (primary N) is 1. The van der Waals surface area contributed by atoms with Crippen LogP contribution in [0.4, 0.5) is 13.2 Å². The third-order valence-corrected chi connectivity index (χ3v) is 4.22. The van der Waals surface area contributed by atoms with E-state index >= 15 is 0 Å². The first-order valence-corrected chi connectivity index (χ1v) is 6.75. The predicted octanol–water partition coefficient (Wildman–Crippen LogP) is 3.17. The fraction of sp³-hybridized carbons (Fsp3) is 0.400. The molecule has 0 aliphatic heterocycles. The highest BCUT2D eigenvalue weighted by atomic mass is 32.1. The molecular weight excluding hydrogens is 283 g/mol. The van der Waals surface area contributed by atoms with Crippen molar-refractivity contribution in [2.45, 2.75) is 25.6 Å². The summed E-state index contributed by atoms with van der Waals surface area (Å²) in [6.07, 6.45) is -2.79. The van der Waals surface area contributed by atoms with Crippen LogP contribution in [0.15, 0.2) is 11.6 Å². The number of nitrogens with zero attached hydrogens (tertiary/aromatic N) is 2. The molecule has 0 saturated carbocycles. The van der Waals surface area contributed by atoms with Gasteiger partial charge in [-0.2, -0.15) is 13.2 Å². The van der Waals surface area contributed by atoms with Crippen LogP contribution < -0.4 is 5.73 Å². The van der Waals surface area contributed by atoms with E-state index in [4.69, 9.17) is 5.73 Å². The van der Waals surface area contributed by atoms with Crippen LogP contribution in [0.25, 0.3) is 0 Å². The topological polar surface area (TPSA) is 51.8 Å². The van der Waals surface area contributed by atoms with E-state index in [2.05, 4.69) is 9.97 Å². The van der Waals surface area contributed by atoms with Gasteiger partial charge in [-0.05, 0) is 6.92 Å². The zero-order valence-corrected chi connectivity index (χ0v) is 11.0. The van der Waals surface area contributed by atoms with Crippen molar-refractivity contribution in [1.82, 2.24) is 9.97 Å². The SMILES string of the molecule is Cc1nc(CC(N)c2cnc(C(F)(F)F)s2)cs1. The minimum Gasteiger partial charge on any atom is -0.323 e. The van der Waals surface area contributed by atoms with Gasteiger partial charge in [-0.3, -0.25) is 0 Å². The molecule has 2 rings (SSSR count). The number of rotatable bonds is 3. The van der Waals surface area contributed by atoms with Gasteiger partial charge >= 0.3 is 6.18 Å². The van der Waals surface area contributed by atoms with E-state index in [0.717, 1.165) is 10.7 Å². The smallest absolute Gasteiger partial charge is 0.323 e.